The van der Waals surface area contributed by atoms with Crippen molar-refractivity contribution >= 4 is 16.6 Å². The van der Waals surface area contributed by atoms with Gasteiger partial charge in [0.1, 0.15) is 34.5 Å². The van der Waals surface area contributed by atoms with Gasteiger partial charge in [-0.1, -0.05) is 11.2 Å². The van der Waals surface area contributed by atoms with E-state index >= 15 is 0 Å². The van der Waals surface area contributed by atoms with Crippen molar-refractivity contribution < 1.29 is 18.4 Å². The Hall–Kier alpha value is -3.11. The van der Waals surface area contributed by atoms with Crippen LogP contribution in [-0.2, 0) is 21.6 Å². The van der Waals surface area contributed by atoms with E-state index in [2.05, 4.69) is 15.1 Å². The number of ether oxygens (including phenoxy) is 2. The number of para-hydroxylation sites is 1. The molecule has 0 amide bonds. The van der Waals surface area contributed by atoms with E-state index in [0.717, 1.165) is 0 Å². The molecule has 0 saturated carbocycles. The van der Waals surface area contributed by atoms with Crippen molar-refractivity contribution in [1.82, 2.24) is 24.1 Å². The third kappa shape index (κ3) is 3.00. The van der Waals surface area contributed by atoms with Crippen molar-refractivity contribution in [2.45, 2.75) is 26.0 Å². The maximum absolute atomic E-state index is 14.6. The fourth-order valence-electron chi connectivity index (χ4n) is 3.14. The van der Waals surface area contributed by atoms with Crippen molar-refractivity contribution in [2.24, 2.45) is 0 Å². The van der Waals surface area contributed by atoms with Gasteiger partial charge < -0.3 is 18.6 Å². The molecule has 0 bridgehead atoms. The van der Waals surface area contributed by atoms with Gasteiger partial charge in [0.25, 0.3) is 11.4 Å². The molecule has 0 aliphatic rings. The molecule has 0 aliphatic carbocycles. The molecule has 10 heteroatoms. The molecule has 29 heavy (non-hydrogen) atoms. The molecular formula is C19H20FN5O4. The second-order valence-corrected chi connectivity index (χ2v) is 7.01. The van der Waals surface area contributed by atoms with Crippen LogP contribution in [0, 0.1) is 5.82 Å². The molecular weight excluding hydrogens is 381 g/mol. The van der Waals surface area contributed by atoms with Crippen molar-refractivity contribution in [1.29, 1.82) is 0 Å². The van der Waals surface area contributed by atoms with Gasteiger partial charge in [-0.15, -0.1) is 0 Å². The minimum absolute atomic E-state index is 0.152. The number of methoxy groups -OCH3 is 2. The molecule has 4 aromatic rings. The SMILES string of the molecule is COCCn1c(=O)c2c(-c3noc(C(C)(C)OC)n3)ncn2c2cccc(F)c21. The second kappa shape index (κ2) is 7.05. The lowest BCUT2D eigenvalue weighted by Gasteiger charge is -2.16. The quantitative estimate of drug-likeness (QED) is 0.489. The van der Waals surface area contributed by atoms with Crippen LogP contribution >= 0.6 is 0 Å². The number of hydrogen-bond acceptors (Lipinski definition) is 7. The highest BCUT2D eigenvalue weighted by Crippen LogP contribution is 2.27. The molecule has 152 valence electrons. The maximum atomic E-state index is 14.6. The summed E-state index contributed by atoms with van der Waals surface area (Å²) in [5.41, 5.74) is -0.0776. The summed E-state index contributed by atoms with van der Waals surface area (Å²) in [7, 11) is 3.05. The molecule has 4 rings (SSSR count). The van der Waals surface area contributed by atoms with Gasteiger partial charge in [0.05, 0.1) is 12.1 Å². The molecule has 0 saturated heterocycles. The van der Waals surface area contributed by atoms with Gasteiger partial charge in [0.2, 0.25) is 5.82 Å². The Kier molecular flexibility index (Phi) is 4.67. The summed E-state index contributed by atoms with van der Waals surface area (Å²) in [6.45, 7) is 3.99. The zero-order valence-corrected chi connectivity index (χ0v) is 16.5. The van der Waals surface area contributed by atoms with E-state index in [4.69, 9.17) is 14.0 Å². The van der Waals surface area contributed by atoms with E-state index in [9.17, 15) is 9.18 Å². The Bertz CT molecular complexity index is 1260. The first kappa shape index (κ1) is 19.2. The number of fused-ring (bicyclic) bond motifs is 3. The minimum Gasteiger partial charge on any atom is -0.383 e. The van der Waals surface area contributed by atoms with Gasteiger partial charge in [-0.2, -0.15) is 4.98 Å². The highest BCUT2D eigenvalue weighted by Gasteiger charge is 2.29. The Morgan fingerprint density at radius 3 is 2.76 bits per heavy atom. The predicted molar refractivity (Wildman–Crippen MR) is 102 cm³/mol. The van der Waals surface area contributed by atoms with Crippen LogP contribution in [0.2, 0.25) is 0 Å². The highest BCUT2D eigenvalue weighted by molar-refractivity contribution is 5.83. The van der Waals surface area contributed by atoms with Crippen molar-refractivity contribution in [3.8, 4) is 11.5 Å². The summed E-state index contributed by atoms with van der Waals surface area (Å²) in [5.74, 6) is -0.0991. The van der Waals surface area contributed by atoms with Gasteiger partial charge in [0.15, 0.2) is 0 Å². The number of rotatable bonds is 6. The van der Waals surface area contributed by atoms with Gasteiger partial charge in [-0.25, -0.2) is 9.37 Å². The van der Waals surface area contributed by atoms with Gasteiger partial charge >= 0.3 is 0 Å². The zero-order chi connectivity index (χ0) is 20.8. The van der Waals surface area contributed by atoms with Gasteiger partial charge in [-0.05, 0) is 26.0 Å². The Morgan fingerprint density at radius 1 is 1.24 bits per heavy atom. The molecule has 0 fully saturated rings. The van der Waals surface area contributed by atoms with Crippen LogP contribution < -0.4 is 5.56 Å². The summed E-state index contributed by atoms with van der Waals surface area (Å²) >= 11 is 0. The van der Waals surface area contributed by atoms with Crippen molar-refractivity contribution in [3.63, 3.8) is 0 Å². The molecule has 0 atom stereocenters. The standard InChI is InChI=1S/C19H20FN5O4/c1-19(2,28-4)18-22-16(23-29-18)13-15-17(26)24(8-9-27-3)14-11(20)6-5-7-12(14)25(15)10-21-13/h5-7,10H,8-9H2,1-4H3. The van der Waals surface area contributed by atoms with Crippen molar-refractivity contribution in [3.05, 3.63) is 46.6 Å². The molecule has 0 spiro atoms. The summed E-state index contributed by atoms with van der Waals surface area (Å²) in [6.07, 6.45) is 1.45. The third-order valence-corrected chi connectivity index (χ3v) is 4.89. The maximum Gasteiger partial charge on any atom is 0.277 e. The number of imidazole rings is 1. The lowest BCUT2D eigenvalue weighted by molar-refractivity contribution is -0.00786. The largest absolute Gasteiger partial charge is 0.383 e. The molecule has 0 radical (unpaired) electrons. The van der Waals surface area contributed by atoms with E-state index in [0.29, 0.717) is 5.52 Å². The molecule has 9 nitrogen and oxygen atoms in total. The smallest absolute Gasteiger partial charge is 0.277 e. The van der Waals surface area contributed by atoms with E-state index in [1.54, 1.807) is 26.0 Å². The average molecular weight is 401 g/mol. The molecule has 0 aliphatic heterocycles. The van der Waals surface area contributed by atoms with Crippen LogP contribution in [0.15, 0.2) is 33.8 Å². The Morgan fingerprint density at radius 2 is 2.03 bits per heavy atom. The summed E-state index contributed by atoms with van der Waals surface area (Å²) in [6, 6.07) is 4.61. The average Bonchev–Trinajstić information content (AvgIpc) is 3.36. The fraction of sp³-hybridized carbons (Fsp3) is 0.368. The molecule has 0 unspecified atom stereocenters. The Labute approximate surface area is 164 Å². The van der Waals surface area contributed by atoms with E-state index in [-0.39, 0.29) is 41.6 Å². The molecule has 0 N–H and O–H groups in total. The minimum atomic E-state index is -0.796. The molecule has 1 aromatic carbocycles. The van der Waals surface area contributed by atoms with Crippen LogP contribution in [-0.4, -0.2) is 44.9 Å². The lowest BCUT2D eigenvalue weighted by atomic mass is 10.1. The first-order valence-corrected chi connectivity index (χ1v) is 8.95. The number of nitrogens with zero attached hydrogens (tertiary/aromatic N) is 5. The van der Waals surface area contributed by atoms with E-state index in [1.165, 1.54) is 35.6 Å². The monoisotopic (exact) mass is 401 g/mol. The number of hydrogen-bond donors (Lipinski definition) is 0. The normalized spacial score (nSPS) is 12.3. The second-order valence-electron chi connectivity index (χ2n) is 7.01. The molecule has 3 aromatic heterocycles. The first-order valence-electron chi connectivity index (χ1n) is 8.95. The lowest BCUT2D eigenvalue weighted by Crippen LogP contribution is -2.25. The van der Waals surface area contributed by atoms with Gasteiger partial charge in [-0.3, -0.25) is 9.20 Å². The third-order valence-electron chi connectivity index (χ3n) is 4.89. The summed E-state index contributed by atoms with van der Waals surface area (Å²) < 4.78 is 33.2. The number of aromatic nitrogens is 5. The summed E-state index contributed by atoms with van der Waals surface area (Å²) in [5, 5.41) is 3.96. The highest BCUT2D eigenvalue weighted by atomic mass is 19.1. The fourth-order valence-corrected chi connectivity index (χ4v) is 3.14. The predicted octanol–water partition coefficient (Wildman–Crippen LogP) is 2.37. The van der Waals surface area contributed by atoms with Gasteiger partial charge in [0, 0.05) is 20.8 Å². The van der Waals surface area contributed by atoms with Crippen LogP contribution in [0.4, 0.5) is 4.39 Å². The van der Waals surface area contributed by atoms with E-state index in [1.807, 2.05) is 0 Å². The zero-order valence-electron chi connectivity index (χ0n) is 16.5. The first-order chi connectivity index (χ1) is 13.9. The number of halogens is 1. The van der Waals surface area contributed by atoms with Crippen molar-refractivity contribution in [2.75, 3.05) is 20.8 Å². The van der Waals surface area contributed by atoms with Crippen LogP contribution in [0.3, 0.4) is 0 Å². The van der Waals surface area contributed by atoms with Crippen LogP contribution in [0.1, 0.15) is 19.7 Å². The number of benzene rings is 1. The van der Waals surface area contributed by atoms with Crippen LogP contribution in [0.25, 0.3) is 28.1 Å². The Balaban J connectivity index is 2.01. The van der Waals surface area contributed by atoms with E-state index < -0.39 is 17.0 Å². The topological polar surface area (TPSA) is 96.7 Å². The summed E-state index contributed by atoms with van der Waals surface area (Å²) in [4.78, 5) is 22.0. The van der Waals surface area contributed by atoms with Crippen LogP contribution in [0.5, 0.6) is 0 Å². The molecule has 3 heterocycles.